The first-order valence-corrected chi connectivity index (χ1v) is 10.4. The third kappa shape index (κ3) is 3.28. The lowest BCUT2D eigenvalue weighted by Gasteiger charge is -2.02. The van der Waals surface area contributed by atoms with Gasteiger partial charge in [-0.05, 0) is 31.2 Å². The topological polar surface area (TPSA) is 64.7 Å². The number of fused-ring (bicyclic) bond motifs is 1. The predicted molar refractivity (Wildman–Crippen MR) is 101 cm³/mol. The minimum absolute atomic E-state index is 0.667. The number of hydrogen-bond acceptors (Lipinski definition) is 8. The Morgan fingerprint density at radius 3 is 2.88 bits per heavy atom. The Bertz CT molecular complexity index is 871. The van der Waals surface area contributed by atoms with E-state index in [9.17, 15) is 0 Å². The van der Waals surface area contributed by atoms with Crippen molar-refractivity contribution >= 4 is 44.2 Å². The van der Waals surface area contributed by atoms with Gasteiger partial charge in [-0.1, -0.05) is 34.9 Å². The molecule has 0 aliphatic carbocycles. The molecule has 1 aliphatic heterocycles. The second-order valence-corrected chi connectivity index (χ2v) is 8.22. The Balaban J connectivity index is 1.54. The standard InChI is InChI=1S/C15H15N5OS3/c1-2-21-11-5-3-10(4-6-11)13-19-20-12(17-18-14(20)24-13)9-23-15-16-7-8-22-15/h3-6H,2,7-9H2,1H3. The summed E-state index contributed by atoms with van der Waals surface area (Å²) in [4.78, 5) is 5.26. The van der Waals surface area contributed by atoms with Gasteiger partial charge in [0.25, 0.3) is 0 Å². The molecule has 0 saturated heterocycles. The summed E-state index contributed by atoms with van der Waals surface area (Å²) < 4.78 is 8.45. The second kappa shape index (κ2) is 7.12. The maximum absolute atomic E-state index is 5.48. The summed E-state index contributed by atoms with van der Waals surface area (Å²) in [7, 11) is 0. The molecule has 9 heteroatoms. The number of aliphatic imine (C=N–C) groups is 1. The molecular formula is C15H15N5OS3. The molecule has 3 aromatic rings. The first kappa shape index (κ1) is 15.9. The summed E-state index contributed by atoms with van der Waals surface area (Å²) in [6.45, 7) is 3.56. The zero-order chi connectivity index (χ0) is 16.4. The summed E-state index contributed by atoms with van der Waals surface area (Å²) in [5.41, 5.74) is 1.06. The quantitative estimate of drug-likeness (QED) is 0.677. The number of aromatic nitrogens is 4. The molecule has 0 saturated carbocycles. The molecule has 1 aromatic carbocycles. The van der Waals surface area contributed by atoms with E-state index in [1.165, 1.54) is 0 Å². The normalized spacial score (nSPS) is 14.3. The van der Waals surface area contributed by atoms with Crippen LogP contribution in [-0.4, -0.2) is 43.1 Å². The van der Waals surface area contributed by atoms with E-state index in [2.05, 4.69) is 20.3 Å². The Hall–Kier alpha value is -1.58. The predicted octanol–water partition coefficient (Wildman–Crippen LogP) is 3.59. The molecule has 0 N–H and O–H groups in total. The molecule has 0 spiro atoms. The largest absolute Gasteiger partial charge is 0.494 e. The molecule has 0 fully saturated rings. The summed E-state index contributed by atoms with van der Waals surface area (Å²) in [5, 5.41) is 14.1. The van der Waals surface area contributed by atoms with Crippen LogP contribution < -0.4 is 4.74 Å². The van der Waals surface area contributed by atoms with E-state index in [0.717, 1.165) is 49.5 Å². The van der Waals surface area contributed by atoms with Crippen LogP contribution >= 0.6 is 34.9 Å². The van der Waals surface area contributed by atoms with E-state index in [1.54, 1.807) is 34.9 Å². The van der Waals surface area contributed by atoms with Crippen LogP contribution in [0.4, 0.5) is 0 Å². The van der Waals surface area contributed by atoms with E-state index in [1.807, 2.05) is 35.7 Å². The van der Waals surface area contributed by atoms with Crippen LogP contribution in [0.5, 0.6) is 5.75 Å². The van der Waals surface area contributed by atoms with Gasteiger partial charge in [0.2, 0.25) is 4.96 Å². The second-order valence-electron chi connectivity index (χ2n) is 4.96. The minimum atomic E-state index is 0.667. The maximum atomic E-state index is 5.48. The molecule has 3 heterocycles. The minimum Gasteiger partial charge on any atom is -0.494 e. The fraction of sp³-hybridized carbons (Fsp3) is 0.333. The van der Waals surface area contributed by atoms with Crippen LogP contribution in [0.2, 0.25) is 0 Å². The van der Waals surface area contributed by atoms with Crippen molar-refractivity contribution in [3.8, 4) is 16.3 Å². The van der Waals surface area contributed by atoms with Crippen molar-refractivity contribution in [1.29, 1.82) is 0 Å². The maximum Gasteiger partial charge on any atom is 0.235 e. The van der Waals surface area contributed by atoms with Gasteiger partial charge in [-0.15, -0.1) is 10.2 Å². The van der Waals surface area contributed by atoms with Gasteiger partial charge < -0.3 is 4.74 Å². The van der Waals surface area contributed by atoms with E-state index in [0.29, 0.717) is 6.61 Å². The lowest BCUT2D eigenvalue weighted by molar-refractivity contribution is 0.340. The number of nitrogens with zero attached hydrogens (tertiary/aromatic N) is 5. The highest BCUT2D eigenvalue weighted by atomic mass is 32.2. The first-order valence-electron chi connectivity index (χ1n) is 7.58. The van der Waals surface area contributed by atoms with Gasteiger partial charge in [0.1, 0.15) is 15.1 Å². The number of benzene rings is 1. The molecule has 0 unspecified atom stereocenters. The summed E-state index contributed by atoms with van der Waals surface area (Å²) in [6, 6.07) is 7.98. The van der Waals surface area contributed by atoms with Crippen molar-refractivity contribution in [3.05, 3.63) is 30.1 Å². The fourth-order valence-corrected chi connectivity index (χ4v) is 5.03. The Labute approximate surface area is 151 Å². The summed E-state index contributed by atoms with van der Waals surface area (Å²) >= 11 is 5.05. The lowest BCUT2D eigenvalue weighted by Crippen LogP contribution is -1.95. The Morgan fingerprint density at radius 1 is 1.25 bits per heavy atom. The average molecular weight is 378 g/mol. The van der Waals surface area contributed by atoms with Crippen LogP contribution in [0.3, 0.4) is 0 Å². The summed E-state index contributed by atoms with van der Waals surface area (Å²) in [5.74, 6) is 3.55. The van der Waals surface area contributed by atoms with Crippen LogP contribution in [0.1, 0.15) is 12.7 Å². The molecule has 1 aliphatic rings. The van der Waals surface area contributed by atoms with E-state index in [-0.39, 0.29) is 0 Å². The van der Waals surface area contributed by atoms with E-state index in [4.69, 9.17) is 4.74 Å². The average Bonchev–Trinajstić information content (AvgIpc) is 3.31. The van der Waals surface area contributed by atoms with Crippen molar-refractivity contribution in [2.24, 2.45) is 4.99 Å². The van der Waals surface area contributed by atoms with Crippen molar-refractivity contribution in [1.82, 2.24) is 19.8 Å². The first-order chi connectivity index (χ1) is 11.8. The molecule has 124 valence electrons. The van der Waals surface area contributed by atoms with Crippen molar-refractivity contribution in [3.63, 3.8) is 0 Å². The van der Waals surface area contributed by atoms with Gasteiger partial charge in [-0.25, -0.2) is 0 Å². The third-order valence-electron chi connectivity index (χ3n) is 3.35. The molecule has 2 aromatic heterocycles. The van der Waals surface area contributed by atoms with Crippen LogP contribution in [0, 0.1) is 0 Å². The lowest BCUT2D eigenvalue weighted by atomic mass is 10.2. The fourth-order valence-electron chi connectivity index (χ4n) is 2.25. The van der Waals surface area contributed by atoms with E-state index < -0.39 is 0 Å². The zero-order valence-corrected chi connectivity index (χ0v) is 15.5. The summed E-state index contributed by atoms with van der Waals surface area (Å²) in [6.07, 6.45) is 0. The van der Waals surface area contributed by atoms with Crippen LogP contribution in [0.15, 0.2) is 29.3 Å². The molecular weight excluding hydrogens is 362 g/mol. The molecule has 4 rings (SSSR count). The molecule has 6 nitrogen and oxygen atoms in total. The molecule has 0 amide bonds. The van der Waals surface area contributed by atoms with Gasteiger partial charge in [0, 0.05) is 11.3 Å². The van der Waals surface area contributed by atoms with Gasteiger partial charge in [-0.3, -0.25) is 4.99 Å². The molecule has 0 bridgehead atoms. The van der Waals surface area contributed by atoms with Crippen molar-refractivity contribution < 1.29 is 4.74 Å². The smallest absolute Gasteiger partial charge is 0.235 e. The molecule has 0 atom stereocenters. The van der Waals surface area contributed by atoms with Gasteiger partial charge in [-0.2, -0.15) is 9.61 Å². The van der Waals surface area contributed by atoms with Gasteiger partial charge >= 0.3 is 0 Å². The highest BCUT2D eigenvalue weighted by Crippen LogP contribution is 2.29. The van der Waals surface area contributed by atoms with E-state index >= 15 is 0 Å². The highest BCUT2D eigenvalue weighted by molar-refractivity contribution is 8.38. The Morgan fingerprint density at radius 2 is 2.12 bits per heavy atom. The van der Waals surface area contributed by atoms with Crippen LogP contribution in [0.25, 0.3) is 15.5 Å². The zero-order valence-electron chi connectivity index (χ0n) is 13.0. The SMILES string of the molecule is CCOc1ccc(-c2nn3c(CSC4=NCCS4)nnc3s2)cc1. The van der Waals surface area contributed by atoms with Gasteiger partial charge in [0.15, 0.2) is 5.82 Å². The van der Waals surface area contributed by atoms with Crippen molar-refractivity contribution in [2.45, 2.75) is 12.7 Å². The molecule has 24 heavy (non-hydrogen) atoms. The van der Waals surface area contributed by atoms with Crippen LogP contribution in [-0.2, 0) is 5.75 Å². The number of thioether (sulfide) groups is 2. The molecule has 0 radical (unpaired) electrons. The monoisotopic (exact) mass is 377 g/mol. The van der Waals surface area contributed by atoms with Crippen molar-refractivity contribution in [2.75, 3.05) is 18.9 Å². The highest BCUT2D eigenvalue weighted by Gasteiger charge is 2.15. The number of hydrogen-bond donors (Lipinski definition) is 0. The van der Waals surface area contributed by atoms with Gasteiger partial charge in [0.05, 0.1) is 18.9 Å². The number of rotatable bonds is 5. The third-order valence-corrected chi connectivity index (χ3v) is 6.55. The number of ether oxygens (including phenoxy) is 1. The Kier molecular flexibility index (Phi) is 4.72.